The minimum atomic E-state index is -0.927. The molecule has 0 aromatic heterocycles. The first-order chi connectivity index (χ1) is 16.8. The SMILES string of the molecule is CC(C)C(CC(=O)O)NC(=O)[C@H]1CCC[C@H]1CNC(=O)OCC1c2ccccc2-c2ccccc21. The summed E-state index contributed by atoms with van der Waals surface area (Å²) >= 11 is 0. The predicted octanol–water partition coefficient (Wildman–Crippen LogP) is 4.56. The van der Waals surface area contributed by atoms with Crippen LogP contribution in [0.3, 0.4) is 0 Å². The Kier molecular flexibility index (Phi) is 7.73. The van der Waals surface area contributed by atoms with Crippen LogP contribution >= 0.6 is 0 Å². The highest BCUT2D eigenvalue weighted by molar-refractivity contribution is 5.81. The molecular formula is C28H34N2O5. The van der Waals surface area contributed by atoms with E-state index < -0.39 is 18.1 Å². The fraction of sp³-hybridized carbons (Fsp3) is 0.464. The Morgan fingerprint density at radius 2 is 1.63 bits per heavy atom. The number of rotatable bonds is 9. The quantitative estimate of drug-likeness (QED) is 0.490. The van der Waals surface area contributed by atoms with Crippen molar-refractivity contribution >= 4 is 18.0 Å². The van der Waals surface area contributed by atoms with Gasteiger partial charge in [0.15, 0.2) is 0 Å². The molecule has 0 radical (unpaired) electrons. The van der Waals surface area contributed by atoms with E-state index in [0.29, 0.717) is 6.54 Å². The molecule has 2 aromatic rings. The molecule has 0 bridgehead atoms. The molecular weight excluding hydrogens is 444 g/mol. The first-order valence-corrected chi connectivity index (χ1v) is 12.5. The van der Waals surface area contributed by atoms with Gasteiger partial charge in [0.1, 0.15) is 6.61 Å². The van der Waals surface area contributed by atoms with Gasteiger partial charge in [0.2, 0.25) is 5.91 Å². The van der Waals surface area contributed by atoms with Crippen LogP contribution in [0.15, 0.2) is 48.5 Å². The Bertz CT molecular complexity index is 1040. The summed E-state index contributed by atoms with van der Waals surface area (Å²) in [5, 5.41) is 14.9. The van der Waals surface area contributed by atoms with Gasteiger partial charge in [-0.15, -0.1) is 0 Å². The number of benzene rings is 2. The van der Waals surface area contributed by atoms with Crippen molar-refractivity contribution in [1.82, 2.24) is 10.6 Å². The molecule has 2 aliphatic rings. The van der Waals surface area contributed by atoms with Gasteiger partial charge in [0, 0.05) is 24.4 Å². The van der Waals surface area contributed by atoms with Crippen molar-refractivity contribution in [2.75, 3.05) is 13.2 Å². The summed E-state index contributed by atoms with van der Waals surface area (Å²) in [5.74, 6) is -1.26. The number of carboxylic acid groups (broad SMARTS) is 1. The van der Waals surface area contributed by atoms with Crippen LogP contribution in [0, 0.1) is 17.8 Å². The lowest BCUT2D eigenvalue weighted by molar-refractivity contribution is -0.138. The molecule has 2 aromatic carbocycles. The first-order valence-electron chi connectivity index (χ1n) is 12.5. The van der Waals surface area contributed by atoms with Crippen LogP contribution in [0.5, 0.6) is 0 Å². The Morgan fingerprint density at radius 1 is 1.00 bits per heavy atom. The number of aliphatic carboxylic acids is 1. The number of amides is 2. The molecule has 2 amide bonds. The molecule has 4 rings (SSSR count). The molecule has 0 aliphatic heterocycles. The van der Waals surface area contributed by atoms with Crippen molar-refractivity contribution in [2.45, 2.75) is 51.5 Å². The molecule has 7 nitrogen and oxygen atoms in total. The third kappa shape index (κ3) is 5.66. The maximum absolute atomic E-state index is 12.9. The van der Waals surface area contributed by atoms with Gasteiger partial charge in [0.05, 0.1) is 6.42 Å². The van der Waals surface area contributed by atoms with Crippen molar-refractivity contribution in [2.24, 2.45) is 17.8 Å². The lowest BCUT2D eigenvalue weighted by atomic mass is 9.93. The number of ether oxygens (including phenoxy) is 1. The predicted molar refractivity (Wildman–Crippen MR) is 133 cm³/mol. The Balaban J connectivity index is 1.30. The number of alkyl carbamates (subject to hydrolysis) is 1. The van der Waals surface area contributed by atoms with Crippen molar-refractivity contribution in [3.63, 3.8) is 0 Å². The second kappa shape index (κ2) is 10.9. The molecule has 3 N–H and O–H groups in total. The largest absolute Gasteiger partial charge is 0.481 e. The van der Waals surface area contributed by atoms with Crippen LogP contribution in [-0.2, 0) is 14.3 Å². The van der Waals surface area contributed by atoms with E-state index in [9.17, 15) is 14.4 Å². The van der Waals surface area contributed by atoms with Gasteiger partial charge < -0.3 is 20.5 Å². The van der Waals surface area contributed by atoms with Gasteiger partial charge in [-0.25, -0.2) is 4.79 Å². The van der Waals surface area contributed by atoms with Crippen LogP contribution in [0.2, 0.25) is 0 Å². The van der Waals surface area contributed by atoms with E-state index >= 15 is 0 Å². The Labute approximate surface area is 206 Å². The monoisotopic (exact) mass is 478 g/mol. The average Bonchev–Trinajstić information content (AvgIpc) is 3.43. The van der Waals surface area contributed by atoms with Crippen molar-refractivity contribution in [3.05, 3.63) is 59.7 Å². The summed E-state index contributed by atoms with van der Waals surface area (Å²) in [7, 11) is 0. The molecule has 1 unspecified atom stereocenters. The molecule has 1 saturated carbocycles. The molecule has 0 saturated heterocycles. The second-order valence-electron chi connectivity index (χ2n) is 9.96. The van der Waals surface area contributed by atoms with Crippen LogP contribution in [0.4, 0.5) is 4.79 Å². The summed E-state index contributed by atoms with van der Waals surface area (Å²) in [6, 6.07) is 16.0. The third-order valence-electron chi connectivity index (χ3n) is 7.38. The standard InChI is InChI=1S/C28H34N2O5/c1-17(2)25(14-26(31)32)30-27(33)19-13-7-8-18(19)15-29-28(34)35-16-24-22-11-5-3-9-20(22)21-10-4-6-12-23(21)24/h3-6,9-12,17-19,24-25H,7-8,13-16H2,1-2H3,(H,29,34)(H,30,33)(H,31,32)/t18-,19-,25?/m0/s1. The zero-order valence-corrected chi connectivity index (χ0v) is 20.3. The average molecular weight is 479 g/mol. The van der Waals surface area contributed by atoms with E-state index in [2.05, 4.69) is 34.9 Å². The van der Waals surface area contributed by atoms with E-state index in [1.54, 1.807) is 0 Å². The molecule has 186 valence electrons. The van der Waals surface area contributed by atoms with Crippen molar-refractivity contribution < 1.29 is 24.2 Å². The van der Waals surface area contributed by atoms with Crippen LogP contribution in [0.1, 0.15) is 56.6 Å². The first kappa shape index (κ1) is 24.8. The number of carboxylic acids is 1. The molecule has 7 heteroatoms. The minimum Gasteiger partial charge on any atom is -0.481 e. The highest BCUT2D eigenvalue weighted by atomic mass is 16.5. The molecule has 2 aliphatic carbocycles. The molecule has 0 heterocycles. The maximum atomic E-state index is 12.9. The van der Waals surface area contributed by atoms with Gasteiger partial charge in [-0.3, -0.25) is 9.59 Å². The van der Waals surface area contributed by atoms with Crippen LogP contribution < -0.4 is 10.6 Å². The Hall–Kier alpha value is -3.35. The molecule has 1 fully saturated rings. The van der Waals surface area contributed by atoms with E-state index in [0.717, 1.165) is 30.4 Å². The van der Waals surface area contributed by atoms with Gasteiger partial charge in [0.25, 0.3) is 0 Å². The maximum Gasteiger partial charge on any atom is 0.407 e. The lowest BCUT2D eigenvalue weighted by Crippen LogP contribution is -2.45. The van der Waals surface area contributed by atoms with Crippen LogP contribution in [-0.4, -0.2) is 42.3 Å². The van der Waals surface area contributed by atoms with E-state index in [4.69, 9.17) is 9.84 Å². The number of nitrogens with one attached hydrogen (secondary N) is 2. The zero-order valence-electron chi connectivity index (χ0n) is 20.3. The van der Waals surface area contributed by atoms with E-state index in [1.807, 2.05) is 38.1 Å². The summed E-state index contributed by atoms with van der Waals surface area (Å²) in [6.45, 7) is 4.41. The Morgan fingerprint density at radius 3 is 2.23 bits per heavy atom. The van der Waals surface area contributed by atoms with Gasteiger partial charge in [-0.05, 0) is 46.9 Å². The van der Waals surface area contributed by atoms with Crippen LogP contribution in [0.25, 0.3) is 11.1 Å². The van der Waals surface area contributed by atoms with Crippen molar-refractivity contribution in [3.8, 4) is 11.1 Å². The lowest BCUT2D eigenvalue weighted by Gasteiger charge is -2.25. The fourth-order valence-corrected chi connectivity index (χ4v) is 5.42. The van der Waals surface area contributed by atoms with E-state index in [-0.39, 0.29) is 42.6 Å². The number of carbonyl (C=O) groups excluding carboxylic acids is 2. The summed E-state index contributed by atoms with van der Waals surface area (Å²) in [4.78, 5) is 36.6. The van der Waals surface area contributed by atoms with E-state index in [1.165, 1.54) is 11.1 Å². The third-order valence-corrected chi connectivity index (χ3v) is 7.38. The van der Waals surface area contributed by atoms with Gasteiger partial charge in [-0.2, -0.15) is 0 Å². The summed E-state index contributed by atoms with van der Waals surface area (Å²) in [5.41, 5.74) is 4.68. The molecule has 0 spiro atoms. The summed E-state index contributed by atoms with van der Waals surface area (Å²) < 4.78 is 5.62. The topological polar surface area (TPSA) is 105 Å². The summed E-state index contributed by atoms with van der Waals surface area (Å²) in [6.07, 6.45) is 1.90. The highest BCUT2D eigenvalue weighted by Crippen LogP contribution is 2.44. The molecule has 35 heavy (non-hydrogen) atoms. The second-order valence-corrected chi connectivity index (χ2v) is 9.96. The number of carbonyl (C=O) groups is 3. The normalized spacial score (nSPS) is 19.6. The minimum absolute atomic E-state index is 0.000332. The van der Waals surface area contributed by atoms with Gasteiger partial charge in [-0.1, -0.05) is 68.8 Å². The smallest absolute Gasteiger partial charge is 0.407 e. The number of hydrogen-bond donors (Lipinski definition) is 3. The number of hydrogen-bond acceptors (Lipinski definition) is 4. The number of fused-ring (bicyclic) bond motifs is 3. The fourth-order valence-electron chi connectivity index (χ4n) is 5.42. The van der Waals surface area contributed by atoms with Gasteiger partial charge >= 0.3 is 12.1 Å². The zero-order chi connectivity index (χ0) is 24.9. The molecule has 3 atom stereocenters. The highest BCUT2D eigenvalue weighted by Gasteiger charge is 2.35. The van der Waals surface area contributed by atoms with Crippen molar-refractivity contribution in [1.29, 1.82) is 0 Å².